The number of carboxylic acids is 1. The van der Waals surface area contributed by atoms with Crippen molar-refractivity contribution in [3.05, 3.63) is 85.9 Å². The Kier molecular flexibility index (Phi) is 7.22. The predicted octanol–water partition coefficient (Wildman–Crippen LogP) is 5.84. The van der Waals surface area contributed by atoms with Crippen molar-refractivity contribution in [1.29, 1.82) is 0 Å². The fraction of sp³-hybridized carbons (Fsp3) is 0.136. The summed E-state index contributed by atoms with van der Waals surface area (Å²) in [6.07, 6.45) is 0. The summed E-state index contributed by atoms with van der Waals surface area (Å²) in [6.45, 7) is 0.853. The number of rotatable bonds is 8. The Balaban J connectivity index is 1.73. The van der Waals surface area contributed by atoms with Gasteiger partial charge in [-0.15, -0.1) is 0 Å². The van der Waals surface area contributed by atoms with Gasteiger partial charge < -0.3 is 19.9 Å². The number of hydrogen-bond donors (Lipinski definition) is 2. The van der Waals surface area contributed by atoms with Gasteiger partial charge in [-0.2, -0.15) is 0 Å². The van der Waals surface area contributed by atoms with Crippen LogP contribution in [0.1, 0.15) is 21.5 Å². The van der Waals surface area contributed by atoms with Crippen molar-refractivity contribution in [1.82, 2.24) is 0 Å². The summed E-state index contributed by atoms with van der Waals surface area (Å²) in [7, 11) is 1.60. The van der Waals surface area contributed by atoms with Crippen LogP contribution >= 0.6 is 34.2 Å². The summed E-state index contributed by atoms with van der Waals surface area (Å²) in [4.78, 5) is 11.1. The predicted molar refractivity (Wildman–Crippen MR) is 122 cm³/mol. The number of carboxylic acid groups (broad SMARTS) is 1. The zero-order valence-corrected chi connectivity index (χ0v) is 18.5. The first kappa shape index (κ1) is 21.3. The molecular formula is C22H19ClINO4. The molecule has 29 heavy (non-hydrogen) atoms. The molecule has 0 aliphatic heterocycles. The van der Waals surface area contributed by atoms with Crippen LogP contribution in [-0.2, 0) is 13.2 Å². The molecule has 3 aromatic rings. The lowest BCUT2D eigenvalue weighted by Crippen LogP contribution is -2.04. The molecule has 3 rings (SSSR count). The monoisotopic (exact) mass is 523 g/mol. The highest BCUT2D eigenvalue weighted by atomic mass is 127. The van der Waals surface area contributed by atoms with Crippen molar-refractivity contribution >= 4 is 45.8 Å². The van der Waals surface area contributed by atoms with Gasteiger partial charge in [0.2, 0.25) is 0 Å². The molecule has 7 heteroatoms. The van der Waals surface area contributed by atoms with Crippen molar-refractivity contribution in [3.63, 3.8) is 0 Å². The first-order valence-electron chi connectivity index (χ1n) is 8.77. The molecule has 0 aliphatic carbocycles. The minimum absolute atomic E-state index is 0.241. The van der Waals surface area contributed by atoms with Gasteiger partial charge in [0, 0.05) is 22.8 Å². The van der Waals surface area contributed by atoms with Gasteiger partial charge in [-0.05, 0) is 64.6 Å². The summed E-state index contributed by atoms with van der Waals surface area (Å²) in [5, 5.41) is 13.0. The van der Waals surface area contributed by atoms with Crippen molar-refractivity contribution in [2.24, 2.45) is 0 Å². The van der Waals surface area contributed by atoms with Gasteiger partial charge >= 0.3 is 5.97 Å². The third kappa shape index (κ3) is 5.55. The van der Waals surface area contributed by atoms with E-state index in [1.807, 2.05) is 42.5 Å². The molecule has 0 bridgehead atoms. The SMILES string of the molecule is COc1cc(CNc2cccc(C(=O)O)c2)cc(I)c1OCc1ccccc1Cl. The molecule has 3 aromatic carbocycles. The highest BCUT2D eigenvalue weighted by molar-refractivity contribution is 14.1. The number of carbonyl (C=O) groups is 1. The van der Waals surface area contributed by atoms with Gasteiger partial charge in [-0.1, -0.05) is 35.9 Å². The van der Waals surface area contributed by atoms with Crippen molar-refractivity contribution < 1.29 is 19.4 Å². The highest BCUT2D eigenvalue weighted by Crippen LogP contribution is 2.35. The fourth-order valence-electron chi connectivity index (χ4n) is 2.75. The lowest BCUT2D eigenvalue weighted by molar-refractivity contribution is 0.0697. The average molecular weight is 524 g/mol. The third-order valence-electron chi connectivity index (χ3n) is 4.23. The number of halogens is 2. The average Bonchev–Trinajstić information content (AvgIpc) is 2.72. The number of aromatic carboxylic acids is 1. The maximum atomic E-state index is 11.1. The van der Waals surface area contributed by atoms with Crippen molar-refractivity contribution in [2.45, 2.75) is 13.2 Å². The molecule has 2 N–H and O–H groups in total. The Bertz CT molecular complexity index is 1030. The summed E-state index contributed by atoms with van der Waals surface area (Å²) in [6, 6.07) is 18.2. The molecular weight excluding hydrogens is 505 g/mol. The maximum Gasteiger partial charge on any atom is 0.335 e. The second-order valence-corrected chi connectivity index (χ2v) is 7.80. The van der Waals surface area contributed by atoms with E-state index in [9.17, 15) is 4.79 Å². The Labute approximate surface area is 187 Å². The van der Waals surface area contributed by atoms with E-state index in [0.29, 0.717) is 29.7 Å². The quantitative estimate of drug-likeness (QED) is 0.363. The summed E-state index contributed by atoms with van der Waals surface area (Å²) < 4.78 is 12.4. The maximum absolute atomic E-state index is 11.1. The van der Waals surface area contributed by atoms with Crippen LogP contribution in [0.15, 0.2) is 60.7 Å². The van der Waals surface area contributed by atoms with Gasteiger partial charge in [-0.3, -0.25) is 0 Å². The molecule has 0 atom stereocenters. The normalized spacial score (nSPS) is 10.4. The van der Waals surface area contributed by atoms with Gasteiger partial charge in [0.1, 0.15) is 6.61 Å². The molecule has 0 aliphatic rings. The number of hydrogen-bond acceptors (Lipinski definition) is 4. The Hall–Kier alpha value is -2.45. The Morgan fingerprint density at radius 3 is 2.66 bits per heavy atom. The number of methoxy groups -OCH3 is 1. The topological polar surface area (TPSA) is 67.8 Å². The van der Waals surface area contributed by atoms with Crippen LogP contribution in [0.5, 0.6) is 11.5 Å². The van der Waals surface area contributed by atoms with Crippen LogP contribution in [0.25, 0.3) is 0 Å². The summed E-state index contributed by atoms with van der Waals surface area (Å²) in [5.41, 5.74) is 2.86. The molecule has 150 valence electrons. The second kappa shape index (κ2) is 9.84. The van der Waals surface area contributed by atoms with Gasteiger partial charge in [0.05, 0.1) is 16.2 Å². The molecule has 0 heterocycles. The van der Waals surface area contributed by atoms with Crippen LogP contribution in [0, 0.1) is 3.57 Å². The third-order valence-corrected chi connectivity index (χ3v) is 5.40. The van der Waals surface area contributed by atoms with E-state index in [2.05, 4.69) is 27.9 Å². The molecule has 0 spiro atoms. The smallest absolute Gasteiger partial charge is 0.335 e. The summed E-state index contributed by atoms with van der Waals surface area (Å²) >= 11 is 8.41. The van der Waals surface area contributed by atoms with E-state index in [-0.39, 0.29) is 5.56 Å². The van der Waals surface area contributed by atoms with Gasteiger partial charge in [0.25, 0.3) is 0 Å². The number of anilines is 1. The molecule has 0 aromatic heterocycles. The van der Waals surface area contributed by atoms with Crippen LogP contribution in [-0.4, -0.2) is 18.2 Å². The fourth-order valence-corrected chi connectivity index (χ4v) is 3.76. The largest absolute Gasteiger partial charge is 0.493 e. The molecule has 0 unspecified atom stereocenters. The standard InChI is InChI=1S/C22H19ClINO4/c1-28-20-10-14(12-25-17-7-4-6-15(11-17)22(26)27)9-19(24)21(20)29-13-16-5-2-3-8-18(16)23/h2-11,25H,12-13H2,1H3,(H,26,27). The lowest BCUT2D eigenvalue weighted by Gasteiger charge is -2.15. The van der Waals surface area contributed by atoms with E-state index in [1.165, 1.54) is 0 Å². The Morgan fingerprint density at radius 1 is 1.14 bits per heavy atom. The van der Waals surface area contributed by atoms with Crippen molar-refractivity contribution in [2.75, 3.05) is 12.4 Å². The molecule has 0 fully saturated rings. The number of nitrogens with one attached hydrogen (secondary N) is 1. The molecule has 5 nitrogen and oxygen atoms in total. The summed E-state index contributed by atoms with van der Waals surface area (Å²) in [5.74, 6) is 0.328. The number of benzene rings is 3. The zero-order valence-electron chi connectivity index (χ0n) is 15.6. The Morgan fingerprint density at radius 2 is 1.93 bits per heavy atom. The lowest BCUT2D eigenvalue weighted by atomic mass is 10.1. The second-order valence-electron chi connectivity index (χ2n) is 6.23. The van der Waals surface area contributed by atoms with E-state index in [4.69, 9.17) is 26.2 Å². The minimum Gasteiger partial charge on any atom is -0.493 e. The molecule has 0 amide bonds. The minimum atomic E-state index is -0.954. The highest BCUT2D eigenvalue weighted by Gasteiger charge is 2.13. The molecule has 0 saturated carbocycles. The van der Waals surface area contributed by atoms with Crippen LogP contribution < -0.4 is 14.8 Å². The molecule has 0 saturated heterocycles. The van der Waals surface area contributed by atoms with Crippen molar-refractivity contribution in [3.8, 4) is 11.5 Å². The first-order chi connectivity index (χ1) is 14.0. The van der Waals surface area contributed by atoms with Gasteiger partial charge in [0.15, 0.2) is 11.5 Å². The number of ether oxygens (including phenoxy) is 2. The molecule has 0 radical (unpaired) electrons. The zero-order chi connectivity index (χ0) is 20.8. The van der Waals surface area contributed by atoms with E-state index in [1.54, 1.807) is 25.3 Å². The van der Waals surface area contributed by atoms with Gasteiger partial charge in [-0.25, -0.2) is 4.79 Å². The van der Waals surface area contributed by atoms with E-state index >= 15 is 0 Å². The van der Waals surface area contributed by atoms with Crippen LogP contribution in [0.3, 0.4) is 0 Å². The van der Waals surface area contributed by atoms with E-state index in [0.717, 1.165) is 20.4 Å². The van der Waals surface area contributed by atoms with Crippen LogP contribution in [0.4, 0.5) is 5.69 Å². The van der Waals surface area contributed by atoms with Crippen LogP contribution in [0.2, 0.25) is 5.02 Å². The van der Waals surface area contributed by atoms with E-state index < -0.39 is 5.97 Å². The first-order valence-corrected chi connectivity index (χ1v) is 10.2.